The number of aromatic nitrogens is 1. The zero-order chi connectivity index (χ0) is 25.9. The second-order valence-corrected chi connectivity index (χ2v) is 11.0. The SMILES string of the molecule is Cc1cc(C)c(NC(=O)c2ccc3nc(NC(=O)Nc4ccc(C5CCCCC5)cc4)sc3c2)c(C)c1. The van der Waals surface area contributed by atoms with Gasteiger partial charge in [0, 0.05) is 16.9 Å². The minimum atomic E-state index is -0.340. The number of hydrogen-bond donors (Lipinski definition) is 3. The number of aryl methyl sites for hydroxylation is 3. The molecule has 5 rings (SSSR count). The Kier molecular flexibility index (Phi) is 7.24. The fraction of sp³-hybridized carbons (Fsp3) is 0.300. The van der Waals surface area contributed by atoms with Crippen molar-refractivity contribution in [2.24, 2.45) is 0 Å². The van der Waals surface area contributed by atoms with E-state index in [2.05, 4.69) is 45.2 Å². The Hall–Kier alpha value is -3.71. The van der Waals surface area contributed by atoms with E-state index in [0.29, 0.717) is 16.6 Å². The molecule has 3 N–H and O–H groups in total. The summed E-state index contributed by atoms with van der Waals surface area (Å²) in [7, 11) is 0. The predicted octanol–water partition coefficient (Wildman–Crippen LogP) is 8.17. The molecule has 1 heterocycles. The van der Waals surface area contributed by atoms with Crippen LogP contribution in [-0.2, 0) is 0 Å². The molecule has 1 aromatic heterocycles. The Morgan fingerprint density at radius 1 is 0.838 bits per heavy atom. The molecule has 1 fully saturated rings. The molecule has 1 aliphatic carbocycles. The van der Waals surface area contributed by atoms with Gasteiger partial charge in [-0.2, -0.15) is 0 Å². The molecule has 0 bridgehead atoms. The van der Waals surface area contributed by atoms with Crippen molar-refractivity contribution in [3.05, 3.63) is 82.4 Å². The fourth-order valence-electron chi connectivity index (χ4n) is 5.22. The van der Waals surface area contributed by atoms with Crippen LogP contribution in [-0.4, -0.2) is 16.9 Å². The molecular formula is C30H32N4O2S. The number of urea groups is 1. The van der Waals surface area contributed by atoms with Crippen molar-refractivity contribution in [1.82, 2.24) is 4.98 Å². The van der Waals surface area contributed by atoms with E-state index in [-0.39, 0.29) is 11.9 Å². The Labute approximate surface area is 221 Å². The third-order valence-electron chi connectivity index (χ3n) is 7.03. The molecule has 1 aliphatic rings. The molecule has 3 aromatic carbocycles. The standard InChI is InChI=1S/C30H32N4O2S/c1-18-15-19(2)27(20(3)16-18)33-28(35)23-11-14-25-26(17-23)37-30(32-25)34-29(36)31-24-12-9-22(10-13-24)21-7-5-4-6-8-21/h9-17,21H,4-8H2,1-3H3,(H,33,35)(H2,31,32,34,36). The highest BCUT2D eigenvalue weighted by atomic mass is 32.1. The second kappa shape index (κ2) is 10.7. The highest BCUT2D eigenvalue weighted by Gasteiger charge is 2.16. The number of carbonyl (C=O) groups excluding carboxylic acids is 2. The zero-order valence-corrected chi connectivity index (χ0v) is 22.3. The molecule has 3 amide bonds. The number of amides is 3. The number of benzene rings is 3. The first kappa shape index (κ1) is 25.0. The lowest BCUT2D eigenvalue weighted by Crippen LogP contribution is -2.19. The topological polar surface area (TPSA) is 83.1 Å². The average Bonchev–Trinajstić information content (AvgIpc) is 3.28. The predicted molar refractivity (Wildman–Crippen MR) is 153 cm³/mol. The minimum Gasteiger partial charge on any atom is -0.322 e. The van der Waals surface area contributed by atoms with Crippen molar-refractivity contribution >= 4 is 50.0 Å². The van der Waals surface area contributed by atoms with E-state index >= 15 is 0 Å². The zero-order valence-electron chi connectivity index (χ0n) is 21.5. The van der Waals surface area contributed by atoms with Crippen LogP contribution in [0.15, 0.2) is 54.6 Å². The van der Waals surface area contributed by atoms with Crippen LogP contribution in [0.2, 0.25) is 0 Å². The maximum atomic E-state index is 13.0. The van der Waals surface area contributed by atoms with Gasteiger partial charge in [-0.25, -0.2) is 9.78 Å². The van der Waals surface area contributed by atoms with Crippen molar-refractivity contribution < 1.29 is 9.59 Å². The fourth-order valence-corrected chi connectivity index (χ4v) is 6.12. The van der Waals surface area contributed by atoms with Gasteiger partial charge in [-0.05, 0) is 86.6 Å². The van der Waals surface area contributed by atoms with Crippen molar-refractivity contribution in [2.45, 2.75) is 58.8 Å². The van der Waals surface area contributed by atoms with Gasteiger partial charge in [-0.1, -0.05) is 60.4 Å². The summed E-state index contributed by atoms with van der Waals surface area (Å²) in [5, 5.41) is 9.24. The second-order valence-electron chi connectivity index (χ2n) is 9.97. The molecule has 7 heteroatoms. The van der Waals surface area contributed by atoms with Crippen LogP contribution in [0.3, 0.4) is 0 Å². The lowest BCUT2D eigenvalue weighted by molar-refractivity contribution is 0.102. The number of hydrogen-bond acceptors (Lipinski definition) is 4. The summed E-state index contributed by atoms with van der Waals surface area (Å²) in [6.07, 6.45) is 6.43. The van der Waals surface area contributed by atoms with Crippen LogP contribution in [0.5, 0.6) is 0 Å². The van der Waals surface area contributed by atoms with Crippen LogP contribution in [0.4, 0.5) is 21.3 Å². The number of thiazole rings is 1. The summed E-state index contributed by atoms with van der Waals surface area (Å²) < 4.78 is 0.831. The summed E-state index contributed by atoms with van der Waals surface area (Å²) in [6.45, 7) is 6.04. The van der Waals surface area contributed by atoms with Gasteiger partial charge in [0.2, 0.25) is 0 Å². The molecule has 0 saturated heterocycles. The molecule has 0 atom stereocenters. The number of rotatable bonds is 5. The Morgan fingerprint density at radius 2 is 1.54 bits per heavy atom. The molecule has 0 unspecified atom stereocenters. The number of carbonyl (C=O) groups is 2. The molecule has 4 aromatic rings. The van der Waals surface area contributed by atoms with Gasteiger partial charge in [0.25, 0.3) is 5.91 Å². The first-order valence-electron chi connectivity index (χ1n) is 12.8. The van der Waals surface area contributed by atoms with Crippen LogP contribution in [0.1, 0.15) is 70.6 Å². The summed E-state index contributed by atoms with van der Waals surface area (Å²) in [4.78, 5) is 30.1. The summed E-state index contributed by atoms with van der Waals surface area (Å²) in [5.41, 5.74) is 7.45. The largest absolute Gasteiger partial charge is 0.325 e. The monoisotopic (exact) mass is 512 g/mol. The quantitative estimate of drug-likeness (QED) is 0.252. The van der Waals surface area contributed by atoms with Crippen molar-refractivity contribution in [2.75, 3.05) is 16.0 Å². The van der Waals surface area contributed by atoms with E-state index in [0.717, 1.165) is 32.7 Å². The van der Waals surface area contributed by atoms with Crippen molar-refractivity contribution in [3.8, 4) is 0 Å². The third kappa shape index (κ3) is 5.83. The van der Waals surface area contributed by atoms with Crippen LogP contribution >= 0.6 is 11.3 Å². The smallest absolute Gasteiger partial charge is 0.322 e. The first-order chi connectivity index (χ1) is 17.9. The lowest BCUT2D eigenvalue weighted by atomic mass is 9.84. The van der Waals surface area contributed by atoms with Gasteiger partial charge >= 0.3 is 6.03 Å². The summed E-state index contributed by atoms with van der Waals surface area (Å²) in [5.74, 6) is 0.463. The molecule has 0 radical (unpaired) electrons. The van der Waals surface area contributed by atoms with Crippen molar-refractivity contribution in [1.29, 1.82) is 0 Å². The number of anilines is 3. The minimum absolute atomic E-state index is 0.172. The normalized spacial score (nSPS) is 13.9. The maximum absolute atomic E-state index is 13.0. The molecule has 6 nitrogen and oxygen atoms in total. The highest BCUT2D eigenvalue weighted by Crippen LogP contribution is 2.33. The third-order valence-corrected chi connectivity index (χ3v) is 7.97. The van der Waals surface area contributed by atoms with E-state index in [1.165, 1.54) is 54.6 Å². The van der Waals surface area contributed by atoms with Gasteiger partial charge in [-0.3, -0.25) is 10.1 Å². The molecule has 190 valence electrons. The van der Waals surface area contributed by atoms with E-state index in [4.69, 9.17) is 0 Å². The van der Waals surface area contributed by atoms with E-state index in [1.54, 1.807) is 6.07 Å². The number of nitrogens with zero attached hydrogens (tertiary/aromatic N) is 1. The Morgan fingerprint density at radius 3 is 2.24 bits per heavy atom. The van der Waals surface area contributed by atoms with E-state index in [1.807, 2.05) is 45.0 Å². The maximum Gasteiger partial charge on any atom is 0.325 e. The highest BCUT2D eigenvalue weighted by molar-refractivity contribution is 7.22. The number of nitrogens with one attached hydrogen (secondary N) is 3. The van der Waals surface area contributed by atoms with Gasteiger partial charge in [0.15, 0.2) is 5.13 Å². The van der Waals surface area contributed by atoms with Gasteiger partial charge < -0.3 is 10.6 Å². The molecular weight excluding hydrogens is 480 g/mol. The van der Waals surface area contributed by atoms with Gasteiger partial charge in [-0.15, -0.1) is 0 Å². The molecule has 37 heavy (non-hydrogen) atoms. The average molecular weight is 513 g/mol. The molecule has 0 aliphatic heterocycles. The lowest BCUT2D eigenvalue weighted by Gasteiger charge is -2.22. The Bertz CT molecular complexity index is 1430. The Balaban J connectivity index is 1.23. The van der Waals surface area contributed by atoms with Crippen LogP contribution in [0.25, 0.3) is 10.2 Å². The van der Waals surface area contributed by atoms with E-state index in [9.17, 15) is 9.59 Å². The van der Waals surface area contributed by atoms with Crippen LogP contribution in [0, 0.1) is 20.8 Å². The molecule has 1 saturated carbocycles. The number of fused-ring (bicyclic) bond motifs is 1. The van der Waals surface area contributed by atoms with Gasteiger partial charge in [0.1, 0.15) is 0 Å². The molecule has 0 spiro atoms. The summed E-state index contributed by atoms with van der Waals surface area (Å²) in [6, 6.07) is 17.3. The van der Waals surface area contributed by atoms with Crippen molar-refractivity contribution in [3.63, 3.8) is 0 Å². The van der Waals surface area contributed by atoms with Crippen LogP contribution < -0.4 is 16.0 Å². The van der Waals surface area contributed by atoms with Gasteiger partial charge in [0.05, 0.1) is 10.2 Å². The van der Waals surface area contributed by atoms with E-state index < -0.39 is 0 Å². The summed E-state index contributed by atoms with van der Waals surface area (Å²) >= 11 is 1.34. The first-order valence-corrected chi connectivity index (χ1v) is 13.6.